The van der Waals surface area contributed by atoms with Gasteiger partial charge in [0, 0.05) is 33.3 Å². The van der Waals surface area contributed by atoms with Crippen LogP contribution in [0.1, 0.15) is 38.3 Å². The molecule has 0 unspecified atom stereocenters. The van der Waals surface area contributed by atoms with Crippen LogP contribution in [0.4, 0.5) is 0 Å². The molecular weight excluding hydrogens is 323 g/mol. The van der Waals surface area contributed by atoms with Gasteiger partial charge in [0.05, 0.1) is 0 Å². The smallest absolute Gasteiger partial charge is 0.141 e. The largest absolute Gasteiger partial charge is 0.328 e. The highest BCUT2D eigenvalue weighted by molar-refractivity contribution is 14.1. The zero-order valence-corrected chi connectivity index (χ0v) is 12.4. The first kappa shape index (κ1) is 11.5. The molecule has 2 nitrogen and oxygen atoms in total. The Morgan fingerprint density at radius 2 is 2.24 bits per heavy atom. The van der Waals surface area contributed by atoms with Crippen molar-refractivity contribution >= 4 is 33.6 Å². The summed E-state index contributed by atoms with van der Waals surface area (Å²) in [6.45, 7) is 5.64. The number of fused-ring (bicyclic) bond motifs is 1. The van der Waals surface area contributed by atoms with E-state index in [0.29, 0.717) is 5.92 Å². The standard InChI is InChI=1S/C14H17IN2/c1-9(2)8-17-13(10-5-6-10)12(15)11-4-3-7-16-14(11)17/h3-4,7,9-10H,5-6,8H2,1-2H3. The van der Waals surface area contributed by atoms with Gasteiger partial charge in [0.2, 0.25) is 0 Å². The van der Waals surface area contributed by atoms with Gasteiger partial charge in [-0.2, -0.15) is 0 Å². The third kappa shape index (κ3) is 1.98. The van der Waals surface area contributed by atoms with Crippen molar-refractivity contribution in [3.05, 3.63) is 27.6 Å². The number of aromatic nitrogens is 2. The van der Waals surface area contributed by atoms with Gasteiger partial charge >= 0.3 is 0 Å². The van der Waals surface area contributed by atoms with Crippen molar-refractivity contribution in [1.82, 2.24) is 9.55 Å². The van der Waals surface area contributed by atoms with Gasteiger partial charge in [-0.3, -0.25) is 0 Å². The van der Waals surface area contributed by atoms with Gasteiger partial charge < -0.3 is 4.57 Å². The molecule has 0 atom stereocenters. The maximum absolute atomic E-state index is 4.58. The predicted octanol–water partition coefficient (Wildman–Crippen LogP) is 4.17. The molecular formula is C14H17IN2. The van der Waals surface area contributed by atoms with E-state index in [-0.39, 0.29) is 0 Å². The molecule has 1 saturated carbocycles. The minimum Gasteiger partial charge on any atom is -0.328 e. The minimum absolute atomic E-state index is 0.668. The third-order valence-electron chi connectivity index (χ3n) is 3.31. The molecule has 0 amide bonds. The summed E-state index contributed by atoms with van der Waals surface area (Å²) in [6, 6.07) is 4.24. The lowest BCUT2D eigenvalue weighted by Crippen LogP contribution is -2.08. The van der Waals surface area contributed by atoms with Crippen LogP contribution in [0, 0.1) is 9.49 Å². The van der Waals surface area contributed by atoms with E-state index in [2.05, 4.69) is 52.1 Å². The highest BCUT2D eigenvalue weighted by Gasteiger charge is 2.31. The average Bonchev–Trinajstić information content (AvgIpc) is 3.08. The first-order valence-corrected chi connectivity index (χ1v) is 7.39. The van der Waals surface area contributed by atoms with Crippen molar-refractivity contribution in [2.24, 2.45) is 5.92 Å². The summed E-state index contributed by atoms with van der Waals surface area (Å²) in [6.07, 6.45) is 4.61. The van der Waals surface area contributed by atoms with E-state index in [1.807, 2.05) is 12.3 Å². The molecule has 3 heteroatoms. The van der Waals surface area contributed by atoms with Gasteiger partial charge in [-0.05, 0) is 53.5 Å². The van der Waals surface area contributed by atoms with Crippen molar-refractivity contribution in [2.75, 3.05) is 0 Å². The highest BCUT2D eigenvalue weighted by atomic mass is 127. The molecule has 2 aromatic heterocycles. The van der Waals surface area contributed by atoms with Crippen LogP contribution in [0.25, 0.3) is 11.0 Å². The second-order valence-corrected chi connectivity index (χ2v) is 6.43. The number of rotatable bonds is 3. The molecule has 2 aromatic rings. The average molecular weight is 340 g/mol. The number of nitrogens with zero attached hydrogens (tertiary/aromatic N) is 2. The topological polar surface area (TPSA) is 17.8 Å². The number of halogens is 1. The Bertz CT molecular complexity index is 553. The van der Waals surface area contributed by atoms with E-state index in [1.165, 1.54) is 33.1 Å². The fraction of sp³-hybridized carbons (Fsp3) is 0.500. The Labute approximate surface area is 116 Å². The van der Waals surface area contributed by atoms with Crippen LogP contribution in [0.15, 0.2) is 18.3 Å². The summed E-state index contributed by atoms with van der Waals surface area (Å²) in [4.78, 5) is 4.58. The van der Waals surface area contributed by atoms with Gasteiger partial charge in [-0.15, -0.1) is 0 Å². The summed E-state index contributed by atoms with van der Waals surface area (Å²) in [5.74, 6) is 1.45. The summed E-state index contributed by atoms with van der Waals surface area (Å²) >= 11 is 2.50. The zero-order chi connectivity index (χ0) is 12.0. The molecule has 1 aliphatic rings. The van der Waals surface area contributed by atoms with Crippen LogP contribution in [0.2, 0.25) is 0 Å². The van der Waals surface area contributed by atoms with Crippen molar-refractivity contribution in [3.8, 4) is 0 Å². The Morgan fingerprint density at radius 3 is 2.88 bits per heavy atom. The highest BCUT2D eigenvalue weighted by Crippen LogP contribution is 2.45. The molecule has 0 N–H and O–H groups in total. The van der Waals surface area contributed by atoms with Gasteiger partial charge in [0.15, 0.2) is 0 Å². The zero-order valence-electron chi connectivity index (χ0n) is 10.3. The third-order valence-corrected chi connectivity index (χ3v) is 4.44. The summed E-state index contributed by atoms with van der Waals surface area (Å²) in [5.41, 5.74) is 2.71. The SMILES string of the molecule is CC(C)Cn1c(C2CC2)c(I)c2cccnc21. The van der Waals surface area contributed by atoms with Crippen molar-refractivity contribution in [3.63, 3.8) is 0 Å². The number of hydrogen-bond acceptors (Lipinski definition) is 1. The van der Waals surface area contributed by atoms with Crippen LogP contribution in [0.5, 0.6) is 0 Å². The molecule has 0 bridgehead atoms. The molecule has 1 fully saturated rings. The Morgan fingerprint density at radius 1 is 1.47 bits per heavy atom. The number of hydrogen-bond donors (Lipinski definition) is 0. The van der Waals surface area contributed by atoms with Crippen LogP contribution < -0.4 is 0 Å². The second kappa shape index (κ2) is 4.26. The molecule has 3 rings (SSSR count). The van der Waals surface area contributed by atoms with Crippen molar-refractivity contribution in [2.45, 2.75) is 39.2 Å². The van der Waals surface area contributed by atoms with Crippen molar-refractivity contribution < 1.29 is 0 Å². The molecule has 0 saturated heterocycles. The summed E-state index contributed by atoms with van der Waals surface area (Å²) in [7, 11) is 0. The lowest BCUT2D eigenvalue weighted by molar-refractivity contribution is 0.519. The molecule has 17 heavy (non-hydrogen) atoms. The van der Waals surface area contributed by atoms with Gasteiger partial charge in [-0.25, -0.2) is 4.98 Å². The molecule has 0 aromatic carbocycles. The molecule has 2 heterocycles. The Kier molecular flexibility index (Phi) is 2.89. The monoisotopic (exact) mass is 340 g/mol. The van der Waals surface area contributed by atoms with E-state index >= 15 is 0 Å². The molecule has 90 valence electrons. The van der Waals surface area contributed by atoms with E-state index in [4.69, 9.17) is 0 Å². The van der Waals surface area contributed by atoms with E-state index in [0.717, 1.165) is 12.5 Å². The van der Waals surface area contributed by atoms with E-state index < -0.39 is 0 Å². The molecule has 0 spiro atoms. The maximum Gasteiger partial charge on any atom is 0.141 e. The normalized spacial score (nSPS) is 16.0. The lowest BCUT2D eigenvalue weighted by atomic mass is 10.2. The lowest BCUT2D eigenvalue weighted by Gasteiger charge is -2.12. The Hall–Kier alpha value is -0.580. The first-order chi connectivity index (χ1) is 8.18. The van der Waals surface area contributed by atoms with Gasteiger partial charge in [-0.1, -0.05) is 13.8 Å². The van der Waals surface area contributed by atoms with Crippen molar-refractivity contribution in [1.29, 1.82) is 0 Å². The predicted molar refractivity (Wildman–Crippen MR) is 79.3 cm³/mol. The van der Waals surface area contributed by atoms with Crippen LogP contribution in [-0.4, -0.2) is 9.55 Å². The summed E-state index contributed by atoms with van der Waals surface area (Å²) in [5, 5.41) is 1.33. The fourth-order valence-electron chi connectivity index (χ4n) is 2.46. The van der Waals surface area contributed by atoms with E-state index in [9.17, 15) is 0 Å². The van der Waals surface area contributed by atoms with Crippen LogP contribution >= 0.6 is 22.6 Å². The van der Waals surface area contributed by atoms with Crippen LogP contribution in [-0.2, 0) is 6.54 Å². The van der Waals surface area contributed by atoms with E-state index in [1.54, 1.807) is 0 Å². The quantitative estimate of drug-likeness (QED) is 0.767. The first-order valence-electron chi connectivity index (χ1n) is 6.31. The Balaban J connectivity index is 2.23. The number of pyridine rings is 1. The van der Waals surface area contributed by atoms with Gasteiger partial charge in [0.1, 0.15) is 5.65 Å². The molecule has 1 aliphatic carbocycles. The van der Waals surface area contributed by atoms with Gasteiger partial charge in [0.25, 0.3) is 0 Å². The molecule has 0 radical (unpaired) electrons. The summed E-state index contributed by atoms with van der Waals surface area (Å²) < 4.78 is 3.88. The fourth-order valence-corrected chi connectivity index (χ4v) is 3.61. The minimum atomic E-state index is 0.668. The van der Waals surface area contributed by atoms with Crippen LogP contribution in [0.3, 0.4) is 0 Å². The maximum atomic E-state index is 4.58. The molecule has 0 aliphatic heterocycles. The second-order valence-electron chi connectivity index (χ2n) is 5.35.